The van der Waals surface area contributed by atoms with Crippen molar-refractivity contribution >= 4 is 55.4 Å². The molecule has 2 aromatic heterocycles. The fourth-order valence-electron chi connectivity index (χ4n) is 2.73. The number of amides is 2. The van der Waals surface area contributed by atoms with Crippen LogP contribution in [0.25, 0.3) is 0 Å². The highest BCUT2D eigenvalue weighted by molar-refractivity contribution is 9.11. The number of carbonyl (C=O) groups is 2. The number of aromatic nitrogens is 1. The van der Waals surface area contributed by atoms with Crippen molar-refractivity contribution in [2.45, 2.75) is 45.1 Å². The summed E-state index contributed by atoms with van der Waals surface area (Å²) in [5, 5.41) is 5.24. The Balaban J connectivity index is 1.84. The van der Waals surface area contributed by atoms with Crippen molar-refractivity contribution in [2.24, 2.45) is 0 Å². The molecular formula is C16H16BrF2N3O2S2. The van der Waals surface area contributed by atoms with Crippen LogP contribution in [0.3, 0.4) is 0 Å². The lowest BCUT2D eigenvalue weighted by atomic mass is 9.95. The molecule has 26 heavy (non-hydrogen) atoms. The van der Waals surface area contributed by atoms with Crippen LogP contribution in [0.15, 0.2) is 10.1 Å². The van der Waals surface area contributed by atoms with Crippen LogP contribution in [0.5, 0.6) is 0 Å². The maximum Gasteiger partial charge on any atom is 0.322 e. The molecule has 0 atom stereocenters. The SMILES string of the molecule is CC(F)(F)C(=O)Nc1sc2c(c1C(=O)NCc1cnc(Br)s1)CCCC2. The number of nitrogens with one attached hydrogen (secondary N) is 2. The van der Waals surface area contributed by atoms with Gasteiger partial charge in [0, 0.05) is 22.9 Å². The summed E-state index contributed by atoms with van der Waals surface area (Å²) in [6, 6.07) is 0. The Morgan fingerprint density at radius 2 is 2.04 bits per heavy atom. The lowest BCUT2D eigenvalue weighted by molar-refractivity contribution is -0.137. The molecule has 3 rings (SSSR count). The van der Waals surface area contributed by atoms with Gasteiger partial charge in [0.15, 0.2) is 3.92 Å². The highest BCUT2D eigenvalue weighted by Gasteiger charge is 2.35. The van der Waals surface area contributed by atoms with Crippen molar-refractivity contribution in [1.29, 1.82) is 0 Å². The number of rotatable bonds is 5. The quantitative estimate of drug-likeness (QED) is 0.691. The molecule has 0 fully saturated rings. The van der Waals surface area contributed by atoms with Gasteiger partial charge in [-0.25, -0.2) is 4.98 Å². The first-order valence-electron chi connectivity index (χ1n) is 7.98. The average Bonchev–Trinajstić information content (AvgIpc) is 3.14. The van der Waals surface area contributed by atoms with Crippen LogP contribution in [-0.2, 0) is 24.2 Å². The van der Waals surface area contributed by atoms with E-state index in [1.807, 2.05) is 0 Å². The standard InChI is InChI=1S/C16H16BrF2N3O2S2/c1-16(18,19)14(24)22-13-11(9-4-2-3-5-10(9)26-13)12(23)20-6-8-7-21-15(17)25-8/h7H,2-6H2,1H3,(H,20,23)(H,22,24). The largest absolute Gasteiger partial charge is 0.347 e. The molecule has 10 heteroatoms. The Morgan fingerprint density at radius 3 is 2.69 bits per heavy atom. The van der Waals surface area contributed by atoms with Crippen LogP contribution in [-0.4, -0.2) is 22.7 Å². The molecule has 0 saturated carbocycles. The fraction of sp³-hybridized carbons (Fsp3) is 0.438. The third kappa shape index (κ3) is 4.29. The molecule has 0 aliphatic heterocycles. The second-order valence-electron chi connectivity index (χ2n) is 6.02. The minimum Gasteiger partial charge on any atom is -0.347 e. The minimum atomic E-state index is -3.51. The summed E-state index contributed by atoms with van der Waals surface area (Å²) >= 11 is 5.88. The number of hydrogen-bond donors (Lipinski definition) is 2. The Kier molecular flexibility index (Phi) is 5.73. The van der Waals surface area contributed by atoms with Crippen LogP contribution in [0.1, 0.15) is 45.4 Å². The van der Waals surface area contributed by atoms with Crippen LogP contribution in [0.4, 0.5) is 13.8 Å². The lowest BCUT2D eigenvalue weighted by Gasteiger charge is -2.14. The van der Waals surface area contributed by atoms with E-state index in [2.05, 4.69) is 31.5 Å². The molecule has 0 spiro atoms. The maximum absolute atomic E-state index is 13.3. The van der Waals surface area contributed by atoms with Crippen LogP contribution in [0.2, 0.25) is 0 Å². The number of fused-ring (bicyclic) bond motifs is 1. The van der Waals surface area contributed by atoms with Crippen LogP contribution >= 0.6 is 38.6 Å². The van der Waals surface area contributed by atoms with E-state index >= 15 is 0 Å². The second-order valence-corrected chi connectivity index (χ2v) is 9.52. The normalized spacial score (nSPS) is 14.0. The van der Waals surface area contributed by atoms with Gasteiger partial charge >= 0.3 is 5.92 Å². The zero-order chi connectivity index (χ0) is 18.9. The average molecular weight is 464 g/mol. The molecule has 0 bridgehead atoms. The molecule has 0 saturated heterocycles. The van der Waals surface area contributed by atoms with Crippen molar-refractivity contribution in [3.05, 3.63) is 31.0 Å². The molecule has 140 valence electrons. The van der Waals surface area contributed by atoms with Crippen molar-refractivity contribution in [3.63, 3.8) is 0 Å². The third-order valence-corrected chi connectivity index (χ3v) is 6.66. The zero-order valence-corrected chi connectivity index (χ0v) is 17.0. The van der Waals surface area contributed by atoms with Gasteiger partial charge < -0.3 is 10.6 Å². The van der Waals surface area contributed by atoms with Crippen molar-refractivity contribution in [1.82, 2.24) is 10.3 Å². The number of nitrogens with zero attached hydrogens (tertiary/aromatic N) is 1. The van der Waals surface area contributed by atoms with Gasteiger partial charge in [-0.1, -0.05) is 0 Å². The molecule has 0 aromatic carbocycles. The van der Waals surface area contributed by atoms with Crippen molar-refractivity contribution in [3.8, 4) is 0 Å². The zero-order valence-electron chi connectivity index (χ0n) is 13.8. The maximum atomic E-state index is 13.3. The van der Waals surface area contributed by atoms with E-state index < -0.39 is 11.8 Å². The van der Waals surface area contributed by atoms with Crippen molar-refractivity contribution < 1.29 is 18.4 Å². The van der Waals surface area contributed by atoms with Gasteiger partial charge in [0.2, 0.25) is 0 Å². The van der Waals surface area contributed by atoms with Gasteiger partial charge in [0.05, 0.1) is 12.1 Å². The van der Waals surface area contributed by atoms with E-state index in [0.717, 1.165) is 34.6 Å². The summed E-state index contributed by atoms with van der Waals surface area (Å²) in [7, 11) is 0. The summed E-state index contributed by atoms with van der Waals surface area (Å²) in [6.07, 6.45) is 5.07. The predicted octanol–water partition coefficient (Wildman–Crippen LogP) is 4.37. The van der Waals surface area contributed by atoms with E-state index in [4.69, 9.17) is 0 Å². The summed E-state index contributed by atoms with van der Waals surface area (Å²) < 4.78 is 27.3. The Labute approximate surface area is 165 Å². The van der Waals surface area contributed by atoms with Gasteiger partial charge in [0.25, 0.3) is 11.8 Å². The molecule has 0 radical (unpaired) electrons. The number of alkyl halides is 2. The monoisotopic (exact) mass is 463 g/mol. The third-order valence-electron chi connectivity index (χ3n) is 3.97. The summed E-state index contributed by atoms with van der Waals surface area (Å²) in [5.74, 6) is -5.28. The van der Waals surface area contributed by atoms with Gasteiger partial charge in [-0.05, 0) is 47.2 Å². The van der Waals surface area contributed by atoms with Gasteiger partial charge in [-0.2, -0.15) is 8.78 Å². The molecule has 2 N–H and O–H groups in total. The molecule has 2 heterocycles. The first kappa shape index (κ1) is 19.4. The van der Waals surface area contributed by atoms with E-state index in [-0.39, 0.29) is 17.5 Å². The number of thiazole rings is 1. The van der Waals surface area contributed by atoms with Gasteiger partial charge in [-0.3, -0.25) is 9.59 Å². The molecule has 2 aromatic rings. The highest BCUT2D eigenvalue weighted by atomic mass is 79.9. The summed E-state index contributed by atoms with van der Waals surface area (Å²) in [6.45, 7) is 0.821. The Bertz CT molecular complexity index is 845. The number of halogens is 3. The number of carbonyl (C=O) groups excluding carboxylic acids is 2. The highest BCUT2D eigenvalue weighted by Crippen LogP contribution is 2.38. The molecule has 1 aliphatic carbocycles. The second kappa shape index (κ2) is 7.69. The molecule has 0 unspecified atom stereocenters. The lowest BCUT2D eigenvalue weighted by Crippen LogP contribution is -2.32. The first-order chi connectivity index (χ1) is 12.3. The smallest absolute Gasteiger partial charge is 0.322 e. The van der Waals surface area contributed by atoms with Gasteiger partial charge in [0.1, 0.15) is 5.00 Å². The van der Waals surface area contributed by atoms with Crippen molar-refractivity contribution in [2.75, 3.05) is 5.32 Å². The molecule has 2 amide bonds. The topological polar surface area (TPSA) is 71.1 Å². The van der Waals surface area contributed by atoms with E-state index in [1.54, 1.807) is 6.20 Å². The molecular weight excluding hydrogens is 448 g/mol. The van der Waals surface area contributed by atoms with E-state index in [0.29, 0.717) is 22.8 Å². The number of anilines is 1. The number of hydrogen-bond acceptors (Lipinski definition) is 5. The molecule has 5 nitrogen and oxygen atoms in total. The van der Waals surface area contributed by atoms with E-state index in [1.165, 1.54) is 22.7 Å². The first-order valence-corrected chi connectivity index (χ1v) is 10.4. The number of aryl methyl sites for hydroxylation is 1. The van der Waals surface area contributed by atoms with Crippen LogP contribution in [0, 0.1) is 0 Å². The summed E-state index contributed by atoms with van der Waals surface area (Å²) in [5.41, 5.74) is 1.17. The summed E-state index contributed by atoms with van der Waals surface area (Å²) in [4.78, 5) is 30.3. The number of thiophene rings is 1. The van der Waals surface area contributed by atoms with Gasteiger partial charge in [-0.15, -0.1) is 22.7 Å². The van der Waals surface area contributed by atoms with E-state index in [9.17, 15) is 18.4 Å². The fourth-order valence-corrected chi connectivity index (χ4v) is 5.31. The minimum absolute atomic E-state index is 0.200. The Hall–Kier alpha value is -1.39. The Morgan fingerprint density at radius 1 is 1.31 bits per heavy atom. The molecule has 1 aliphatic rings. The predicted molar refractivity (Wildman–Crippen MR) is 101 cm³/mol. The van der Waals surface area contributed by atoms with Crippen LogP contribution < -0.4 is 10.6 Å².